The van der Waals surface area contributed by atoms with Gasteiger partial charge in [0, 0.05) is 15.6 Å². The van der Waals surface area contributed by atoms with E-state index in [2.05, 4.69) is 10.6 Å². The molecule has 34 heavy (non-hydrogen) atoms. The molecule has 7 nitrogen and oxygen atoms in total. The summed E-state index contributed by atoms with van der Waals surface area (Å²) in [4.78, 5) is 40.6. The molecule has 182 valence electrons. The lowest BCUT2D eigenvalue weighted by Crippen LogP contribution is -3.14. The molecular weight excluding hydrogens is 474 g/mol. The molecule has 1 aromatic carbocycles. The summed E-state index contributed by atoms with van der Waals surface area (Å²) < 4.78 is 5.17. The van der Waals surface area contributed by atoms with Crippen LogP contribution in [-0.2, 0) is 27.2 Å². The van der Waals surface area contributed by atoms with E-state index in [0.29, 0.717) is 34.4 Å². The van der Waals surface area contributed by atoms with Crippen molar-refractivity contribution < 1.29 is 24.0 Å². The molecule has 0 bridgehead atoms. The topological polar surface area (TPSA) is 88.9 Å². The number of nitrogens with one attached hydrogen (secondary N) is 3. The third-order valence-corrected chi connectivity index (χ3v) is 7.86. The van der Waals surface area contributed by atoms with Gasteiger partial charge in [-0.2, -0.15) is 0 Å². The monoisotopic (exact) mass is 504 g/mol. The van der Waals surface area contributed by atoms with E-state index in [1.165, 1.54) is 16.2 Å². The summed E-state index contributed by atoms with van der Waals surface area (Å²) in [6.07, 6.45) is 5.57. The fraction of sp³-hybridized carbons (Fsp3) is 0.480. The lowest BCUT2D eigenvalue weighted by Gasteiger charge is -2.28. The van der Waals surface area contributed by atoms with Crippen LogP contribution in [0.25, 0.3) is 0 Å². The first-order chi connectivity index (χ1) is 16.4. The van der Waals surface area contributed by atoms with Crippen molar-refractivity contribution in [3.8, 4) is 0 Å². The number of aryl methyl sites for hydroxylation is 1. The van der Waals surface area contributed by atoms with Crippen LogP contribution in [0.4, 0.5) is 10.7 Å². The summed E-state index contributed by atoms with van der Waals surface area (Å²) in [5.74, 6) is -0.693. The Morgan fingerprint density at radius 3 is 2.65 bits per heavy atom. The molecule has 0 saturated carbocycles. The number of anilines is 2. The number of fused-ring (bicyclic) bond motifs is 1. The Labute approximate surface area is 208 Å². The molecule has 2 aliphatic rings. The van der Waals surface area contributed by atoms with Crippen LogP contribution in [0.2, 0.25) is 5.02 Å². The number of thiophene rings is 1. The highest BCUT2D eigenvalue weighted by Gasteiger charge is 2.32. The molecule has 3 N–H and O–H groups in total. The highest BCUT2D eigenvalue weighted by molar-refractivity contribution is 7.17. The average molecular weight is 505 g/mol. The highest BCUT2D eigenvalue weighted by atomic mass is 35.5. The van der Waals surface area contributed by atoms with Crippen molar-refractivity contribution in [1.29, 1.82) is 0 Å². The Balaban J connectivity index is 1.46. The maximum absolute atomic E-state index is 13.3. The summed E-state index contributed by atoms with van der Waals surface area (Å²) in [6.45, 7) is 3.87. The second kappa shape index (κ2) is 11.3. The van der Waals surface area contributed by atoms with Crippen LogP contribution in [0.3, 0.4) is 0 Å². The van der Waals surface area contributed by atoms with Crippen molar-refractivity contribution in [2.45, 2.75) is 45.4 Å². The van der Waals surface area contributed by atoms with E-state index in [-0.39, 0.29) is 30.2 Å². The number of hydrogen-bond donors (Lipinski definition) is 3. The minimum atomic E-state index is -0.218. The second-order valence-corrected chi connectivity index (χ2v) is 10.4. The van der Waals surface area contributed by atoms with Crippen LogP contribution < -0.4 is 15.5 Å². The first-order valence-corrected chi connectivity index (χ1v) is 13.2. The van der Waals surface area contributed by atoms with E-state index < -0.39 is 0 Å². The van der Waals surface area contributed by atoms with Gasteiger partial charge in [-0.25, -0.2) is 0 Å². The largest absolute Gasteiger partial charge is 0.466 e. The van der Waals surface area contributed by atoms with Crippen LogP contribution in [0.1, 0.15) is 53.4 Å². The van der Waals surface area contributed by atoms with Crippen LogP contribution in [-0.4, -0.2) is 44.0 Å². The summed E-state index contributed by atoms with van der Waals surface area (Å²) in [7, 11) is 0. The number of esters is 1. The average Bonchev–Trinajstić information content (AvgIpc) is 3.18. The minimum absolute atomic E-state index is 0.140. The zero-order valence-corrected chi connectivity index (χ0v) is 20.9. The van der Waals surface area contributed by atoms with E-state index in [9.17, 15) is 14.4 Å². The minimum Gasteiger partial charge on any atom is -0.466 e. The third-order valence-electron chi connectivity index (χ3n) is 6.40. The molecule has 9 heteroatoms. The van der Waals surface area contributed by atoms with Gasteiger partial charge in [0.15, 0.2) is 6.54 Å². The van der Waals surface area contributed by atoms with Gasteiger partial charge in [0.1, 0.15) is 10.9 Å². The molecule has 0 spiro atoms. The van der Waals surface area contributed by atoms with Gasteiger partial charge in [-0.3, -0.25) is 14.4 Å². The Hall–Kier alpha value is -2.42. The lowest BCUT2D eigenvalue weighted by molar-refractivity contribution is -0.899. The Morgan fingerprint density at radius 2 is 1.88 bits per heavy atom. The number of carbonyl (C=O) groups is 3. The number of amides is 2. The molecule has 2 amide bonds. The number of piperidine rings is 1. The Kier molecular flexibility index (Phi) is 8.24. The van der Waals surface area contributed by atoms with Gasteiger partial charge in [0.2, 0.25) is 0 Å². The van der Waals surface area contributed by atoms with Gasteiger partial charge in [-0.15, -0.1) is 11.3 Å². The number of halogens is 1. The molecule has 1 saturated heterocycles. The molecule has 1 aliphatic carbocycles. The van der Waals surface area contributed by atoms with Crippen LogP contribution in [0.15, 0.2) is 24.3 Å². The smallest absolute Gasteiger partial charge is 0.314 e. The molecule has 2 heterocycles. The fourth-order valence-electron chi connectivity index (χ4n) is 4.79. The van der Waals surface area contributed by atoms with E-state index in [4.69, 9.17) is 16.3 Å². The van der Waals surface area contributed by atoms with Crippen LogP contribution in [0, 0.1) is 5.92 Å². The summed E-state index contributed by atoms with van der Waals surface area (Å²) in [6, 6.07) is 6.98. The normalized spacial score (nSPS) is 19.7. The van der Waals surface area contributed by atoms with E-state index >= 15 is 0 Å². The number of benzene rings is 1. The van der Waals surface area contributed by atoms with Gasteiger partial charge < -0.3 is 20.3 Å². The van der Waals surface area contributed by atoms with E-state index in [1.807, 2.05) is 0 Å². The van der Waals surface area contributed by atoms with Crippen molar-refractivity contribution in [2.75, 3.05) is 36.9 Å². The number of rotatable bonds is 7. The molecule has 2 aromatic rings. The van der Waals surface area contributed by atoms with Crippen molar-refractivity contribution in [3.05, 3.63) is 45.3 Å². The zero-order chi connectivity index (χ0) is 24.1. The number of quaternary nitrogens is 1. The van der Waals surface area contributed by atoms with E-state index in [1.54, 1.807) is 31.2 Å². The molecule has 1 aliphatic heterocycles. The standard InChI is InChI=1S/C25H30ClN3O4S/c1-2-33-25(32)16-6-5-13-29(14-16)15-21(30)28-24-22(19-7-3-4-8-20(19)34-24)23(31)27-18-11-9-17(26)10-12-18/h9-12,16H,2-8,13-15H2,1H3,(H,27,31)(H,28,30)/p+1/t16-/m0/s1. The van der Waals surface area contributed by atoms with Crippen molar-refractivity contribution >= 4 is 51.4 Å². The molecular formula is C25H31ClN3O4S+. The molecule has 1 aromatic heterocycles. The molecule has 1 fully saturated rings. The molecule has 4 rings (SSSR count). The maximum Gasteiger partial charge on any atom is 0.314 e. The van der Waals surface area contributed by atoms with Crippen molar-refractivity contribution in [2.24, 2.45) is 5.92 Å². The first kappa shape index (κ1) is 24.7. The molecule has 1 unspecified atom stereocenters. The van der Waals surface area contributed by atoms with Crippen LogP contribution in [0.5, 0.6) is 0 Å². The third kappa shape index (κ3) is 5.98. The van der Waals surface area contributed by atoms with Gasteiger partial charge >= 0.3 is 5.97 Å². The van der Waals surface area contributed by atoms with Gasteiger partial charge in [-0.05, 0) is 75.3 Å². The quantitative estimate of drug-likeness (QED) is 0.505. The Bertz CT molecular complexity index is 1050. The summed E-state index contributed by atoms with van der Waals surface area (Å²) in [5, 5.41) is 7.18. The predicted octanol–water partition coefficient (Wildman–Crippen LogP) is 3.33. The first-order valence-electron chi connectivity index (χ1n) is 12.0. The molecule has 2 atom stereocenters. The zero-order valence-electron chi connectivity index (χ0n) is 19.4. The highest BCUT2D eigenvalue weighted by Crippen LogP contribution is 2.38. The number of likely N-dealkylation sites (tertiary alicyclic amines) is 1. The summed E-state index contributed by atoms with van der Waals surface area (Å²) >= 11 is 7.47. The predicted molar refractivity (Wildman–Crippen MR) is 134 cm³/mol. The maximum atomic E-state index is 13.3. The Morgan fingerprint density at radius 1 is 1.12 bits per heavy atom. The van der Waals surface area contributed by atoms with Crippen molar-refractivity contribution in [3.63, 3.8) is 0 Å². The number of hydrogen-bond acceptors (Lipinski definition) is 5. The number of carbonyl (C=O) groups excluding carboxylic acids is 3. The fourth-order valence-corrected chi connectivity index (χ4v) is 6.22. The second-order valence-electron chi connectivity index (χ2n) is 8.90. The van der Waals surface area contributed by atoms with Gasteiger partial charge in [0.25, 0.3) is 11.8 Å². The molecule has 0 radical (unpaired) electrons. The van der Waals surface area contributed by atoms with Gasteiger partial charge in [0.05, 0.1) is 25.3 Å². The van der Waals surface area contributed by atoms with Crippen molar-refractivity contribution in [1.82, 2.24) is 0 Å². The SMILES string of the molecule is CCOC(=O)[C@H]1CCC[NH+](CC(=O)Nc2sc3c(c2C(=O)Nc2ccc(Cl)cc2)CCCC3)C1. The van der Waals surface area contributed by atoms with E-state index in [0.717, 1.165) is 55.5 Å². The van der Waals surface area contributed by atoms with Crippen LogP contribution >= 0.6 is 22.9 Å². The number of ether oxygens (including phenoxy) is 1. The van der Waals surface area contributed by atoms with Gasteiger partial charge in [-0.1, -0.05) is 11.6 Å². The lowest BCUT2D eigenvalue weighted by atomic mass is 9.95. The summed E-state index contributed by atoms with van der Waals surface area (Å²) in [5.41, 5.74) is 2.27.